The van der Waals surface area contributed by atoms with Crippen molar-refractivity contribution in [3.63, 3.8) is 0 Å². The van der Waals surface area contributed by atoms with Gasteiger partial charge in [-0.1, -0.05) is 6.92 Å². The second-order valence-electron chi connectivity index (χ2n) is 3.94. The zero-order valence-electron chi connectivity index (χ0n) is 10.8. The van der Waals surface area contributed by atoms with Gasteiger partial charge in [0.1, 0.15) is 0 Å². The second kappa shape index (κ2) is 6.97. The highest BCUT2D eigenvalue weighted by molar-refractivity contribution is 7.99. The topological polar surface area (TPSA) is 29.9 Å². The first-order valence-electron chi connectivity index (χ1n) is 5.99. The maximum atomic E-state index is 4.48. The Balaban J connectivity index is 2.61. The van der Waals surface area contributed by atoms with Gasteiger partial charge in [0.15, 0.2) is 0 Å². The standard InChI is InChI=1S/C12H23N3S/c1-5-15-12(7-10(3)14-15)8-11(13-4)9-16-6-2/h7,11,13H,5-6,8-9H2,1-4H3. The number of aromatic nitrogens is 2. The van der Waals surface area contributed by atoms with Crippen LogP contribution in [0, 0.1) is 6.92 Å². The average Bonchev–Trinajstić information content (AvgIpc) is 2.64. The molecule has 0 aliphatic carbocycles. The zero-order valence-corrected chi connectivity index (χ0v) is 11.6. The normalized spacial score (nSPS) is 13.0. The fraction of sp³-hybridized carbons (Fsp3) is 0.750. The van der Waals surface area contributed by atoms with Crippen LogP contribution in [0.15, 0.2) is 6.07 Å². The molecule has 0 saturated carbocycles. The van der Waals surface area contributed by atoms with Crippen LogP contribution in [-0.2, 0) is 13.0 Å². The van der Waals surface area contributed by atoms with Crippen molar-refractivity contribution in [2.24, 2.45) is 0 Å². The van der Waals surface area contributed by atoms with Crippen molar-refractivity contribution in [3.8, 4) is 0 Å². The highest BCUT2D eigenvalue weighted by Gasteiger charge is 2.11. The van der Waals surface area contributed by atoms with E-state index in [2.05, 4.69) is 41.9 Å². The summed E-state index contributed by atoms with van der Waals surface area (Å²) in [5.74, 6) is 2.35. The van der Waals surface area contributed by atoms with Crippen LogP contribution < -0.4 is 5.32 Å². The molecule has 0 spiro atoms. The van der Waals surface area contributed by atoms with Crippen LogP contribution in [0.5, 0.6) is 0 Å². The van der Waals surface area contributed by atoms with Gasteiger partial charge in [0.25, 0.3) is 0 Å². The Hall–Kier alpha value is -0.480. The third kappa shape index (κ3) is 3.83. The van der Waals surface area contributed by atoms with Crippen molar-refractivity contribution in [1.29, 1.82) is 0 Å². The highest BCUT2D eigenvalue weighted by atomic mass is 32.2. The van der Waals surface area contributed by atoms with Crippen molar-refractivity contribution in [2.45, 2.75) is 39.8 Å². The number of nitrogens with zero attached hydrogens (tertiary/aromatic N) is 2. The van der Waals surface area contributed by atoms with Gasteiger partial charge in [-0.2, -0.15) is 16.9 Å². The Labute approximate surface area is 103 Å². The Bertz CT molecular complexity index is 309. The molecular weight excluding hydrogens is 218 g/mol. The molecule has 0 aliphatic heterocycles. The Morgan fingerprint density at radius 2 is 2.25 bits per heavy atom. The van der Waals surface area contributed by atoms with Gasteiger partial charge in [0, 0.05) is 30.5 Å². The first kappa shape index (κ1) is 13.6. The molecular formula is C12H23N3S. The van der Waals surface area contributed by atoms with Crippen molar-refractivity contribution in [1.82, 2.24) is 15.1 Å². The molecule has 0 fully saturated rings. The predicted molar refractivity (Wildman–Crippen MR) is 72.2 cm³/mol. The molecule has 1 aromatic rings. The molecule has 4 heteroatoms. The van der Waals surface area contributed by atoms with E-state index in [4.69, 9.17) is 0 Å². The molecule has 1 aromatic heterocycles. The van der Waals surface area contributed by atoms with Gasteiger partial charge in [0.05, 0.1) is 5.69 Å². The highest BCUT2D eigenvalue weighted by Crippen LogP contribution is 2.10. The first-order chi connectivity index (χ1) is 7.71. The maximum Gasteiger partial charge on any atom is 0.0596 e. The third-order valence-corrected chi connectivity index (χ3v) is 3.72. The van der Waals surface area contributed by atoms with Crippen LogP contribution in [0.25, 0.3) is 0 Å². The lowest BCUT2D eigenvalue weighted by atomic mass is 10.2. The molecule has 1 atom stereocenters. The van der Waals surface area contributed by atoms with Crippen molar-refractivity contribution >= 4 is 11.8 Å². The Morgan fingerprint density at radius 1 is 1.50 bits per heavy atom. The van der Waals surface area contributed by atoms with E-state index in [1.807, 2.05) is 18.8 Å². The molecule has 1 heterocycles. The minimum absolute atomic E-state index is 0.548. The summed E-state index contributed by atoms with van der Waals surface area (Å²) in [4.78, 5) is 0. The third-order valence-electron chi connectivity index (χ3n) is 2.67. The molecule has 92 valence electrons. The molecule has 1 unspecified atom stereocenters. The fourth-order valence-corrected chi connectivity index (χ4v) is 2.60. The molecule has 16 heavy (non-hydrogen) atoms. The molecule has 3 nitrogen and oxygen atoms in total. The van der Waals surface area contributed by atoms with Gasteiger partial charge in [-0.25, -0.2) is 0 Å². The summed E-state index contributed by atoms with van der Waals surface area (Å²) in [6.45, 7) is 7.37. The van der Waals surface area contributed by atoms with Crippen LogP contribution in [0.3, 0.4) is 0 Å². The number of hydrogen-bond donors (Lipinski definition) is 1. The quantitative estimate of drug-likeness (QED) is 0.793. The van der Waals surface area contributed by atoms with Crippen LogP contribution in [0.2, 0.25) is 0 Å². The number of aryl methyl sites for hydroxylation is 2. The van der Waals surface area contributed by atoms with E-state index in [9.17, 15) is 0 Å². The Kier molecular flexibility index (Phi) is 5.91. The van der Waals surface area contributed by atoms with Gasteiger partial charge in [0.2, 0.25) is 0 Å². The first-order valence-corrected chi connectivity index (χ1v) is 7.15. The number of rotatable bonds is 7. The lowest BCUT2D eigenvalue weighted by Crippen LogP contribution is -2.31. The van der Waals surface area contributed by atoms with Crippen molar-refractivity contribution in [3.05, 3.63) is 17.5 Å². The van der Waals surface area contributed by atoms with E-state index >= 15 is 0 Å². The van der Waals surface area contributed by atoms with E-state index in [-0.39, 0.29) is 0 Å². The molecule has 0 radical (unpaired) electrons. The van der Waals surface area contributed by atoms with Gasteiger partial charge >= 0.3 is 0 Å². The molecule has 0 aromatic carbocycles. The second-order valence-corrected chi connectivity index (χ2v) is 5.26. The minimum atomic E-state index is 0.548. The van der Waals surface area contributed by atoms with Crippen LogP contribution in [-0.4, -0.2) is 34.4 Å². The van der Waals surface area contributed by atoms with E-state index in [0.717, 1.165) is 18.7 Å². The molecule has 0 saturated heterocycles. The number of hydrogen-bond acceptors (Lipinski definition) is 3. The molecule has 1 rings (SSSR count). The molecule has 0 aliphatic rings. The summed E-state index contributed by atoms with van der Waals surface area (Å²) >= 11 is 1.99. The van der Waals surface area contributed by atoms with Gasteiger partial charge in [-0.15, -0.1) is 0 Å². The zero-order chi connectivity index (χ0) is 12.0. The smallest absolute Gasteiger partial charge is 0.0596 e. The monoisotopic (exact) mass is 241 g/mol. The maximum absolute atomic E-state index is 4.48. The number of likely N-dealkylation sites (N-methyl/N-ethyl adjacent to an activating group) is 1. The number of nitrogens with one attached hydrogen (secondary N) is 1. The van der Waals surface area contributed by atoms with Crippen molar-refractivity contribution in [2.75, 3.05) is 18.6 Å². The largest absolute Gasteiger partial charge is 0.316 e. The lowest BCUT2D eigenvalue weighted by molar-refractivity contribution is 0.556. The van der Waals surface area contributed by atoms with E-state index in [1.54, 1.807) is 0 Å². The van der Waals surface area contributed by atoms with E-state index < -0.39 is 0 Å². The molecule has 0 bridgehead atoms. The van der Waals surface area contributed by atoms with Gasteiger partial charge < -0.3 is 5.32 Å². The summed E-state index contributed by atoms with van der Waals surface area (Å²) < 4.78 is 2.11. The number of thioether (sulfide) groups is 1. The van der Waals surface area contributed by atoms with Crippen LogP contribution >= 0.6 is 11.8 Å². The van der Waals surface area contributed by atoms with E-state index in [0.29, 0.717) is 6.04 Å². The summed E-state index contributed by atoms with van der Waals surface area (Å²) in [6.07, 6.45) is 1.07. The summed E-state index contributed by atoms with van der Waals surface area (Å²) in [7, 11) is 2.04. The lowest BCUT2D eigenvalue weighted by Gasteiger charge is -2.15. The SMILES string of the molecule is CCSCC(Cc1cc(C)nn1CC)NC. The van der Waals surface area contributed by atoms with Crippen LogP contribution in [0.4, 0.5) is 0 Å². The predicted octanol–water partition coefficient (Wildman–Crippen LogP) is 2.10. The summed E-state index contributed by atoms with van der Waals surface area (Å²) in [5, 5.41) is 7.86. The molecule has 1 N–H and O–H groups in total. The molecule has 0 amide bonds. The van der Waals surface area contributed by atoms with Gasteiger partial charge in [-0.05, 0) is 32.7 Å². The summed E-state index contributed by atoms with van der Waals surface area (Å²) in [5.41, 5.74) is 2.46. The van der Waals surface area contributed by atoms with E-state index in [1.165, 1.54) is 17.2 Å². The minimum Gasteiger partial charge on any atom is -0.316 e. The van der Waals surface area contributed by atoms with Crippen LogP contribution in [0.1, 0.15) is 25.2 Å². The summed E-state index contributed by atoms with van der Waals surface area (Å²) in [6, 6.07) is 2.75. The van der Waals surface area contributed by atoms with Crippen molar-refractivity contribution < 1.29 is 0 Å². The fourth-order valence-electron chi connectivity index (χ4n) is 1.79. The van der Waals surface area contributed by atoms with Gasteiger partial charge in [-0.3, -0.25) is 4.68 Å². The average molecular weight is 241 g/mol. The Morgan fingerprint density at radius 3 is 2.81 bits per heavy atom.